The van der Waals surface area contributed by atoms with Crippen LogP contribution in [0.2, 0.25) is 0 Å². The molecule has 140 valence electrons. The van der Waals surface area contributed by atoms with Gasteiger partial charge in [-0.25, -0.2) is 0 Å². The minimum Gasteiger partial charge on any atom is -0.493 e. The molecule has 2 rings (SSSR count). The number of rotatable bonds is 8. The molecule has 0 saturated heterocycles. The Labute approximate surface area is 158 Å². The first-order valence-corrected chi connectivity index (χ1v) is 8.42. The molecule has 2 aromatic rings. The molecule has 0 radical (unpaired) electrons. The van der Waals surface area contributed by atoms with Gasteiger partial charge in [0.2, 0.25) is 0 Å². The number of methoxy groups -OCH3 is 1. The Morgan fingerprint density at radius 2 is 1.85 bits per heavy atom. The smallest absolute Gasteiger partial charge is 0.387 e. The summed E-state index contributed by atoms with van der Waals surface area (Å²) in [6, 6.07) is 11.7. The lowest BCUT2D eigenvalue weighted by Gasteiger charge is -2.19. The standard InChI is InChI=1S/C18H18BrF2NO4/c1-22(17(23)11-25-14-6-4-13(19)5-7-14)10-12-3-8-15(24-2)16(9-12)26-18(20)21/h3-9,18H,10-11H2,1-2H3. The second-order valence-electron chi connectivity index (χ2n) is 5.36. The maximum Gasteiger partial charge on any atom is 0.387 e. The molecule has 0 atom stereocenters. The van der Waals surface area contributed by atoms with Crippen molar-refractivity contribution in [3.8, 4) is 17.2 Å². The lowest BCUT2D eigenvalue weighted by molar-refractivity contribution is -0.132. The number of alkyl halides is 2. The van der Waals surface area contributed by atoms with Gasteiger partial charge in [0.25, 0.3) is 5.91 Å². The summed E-state index contributed by atoms with van der Waals surface area (Å²) in [6.45, 7) is -2.88. The molecule has 0 aromatic heterocycles. The van der Waals surface area contributed by atoms with E-state index in [2.05, 4.69) is 20.7 Å². The molecule has 0 spiro atoms. The van der Waals surface area contributed by atoms with Crippen molar-refractivity contribution in [2.45, 2.75) is 13.2 Å². The maximum absolute atomic E-state index is 12.5. The van der Waals surface area contributed by atoms with E-state index in [1.165, 1.54) is 24.1 Å². The summed E-state index contributed by atoms with van der Waals surface area (Å²) in [7, 11) is 2.97. The second kappa shape index (κ2) is 9.38. The van der Waals surface area contributed by atoms with E-state index in [-0.39, 0.29) is 30.6 Å². The molecular weight excluding hydrogens is 412 g/mol. The van der Waals surface area contributed by atoms with E-state index in [0.717, 1.165) is 4.47 Å². The number of halogens is 3. The highest BCUT2D eigenvalue weighted by Gasteiger charge is 2.14. The van der Waals surface area contributed by atoms with E-state index >= 15 is 0 Å². The molecule has 0 unspecified atom stereocenters. The minimum atomic E-state index is -2.96. The summed E-state index contributed by atoms with van der Waals surface area (Å²) in [4.78, 5) is 13.6. The van der Waals surface area contributed by atoms with Gasteiger partial charge < -0.3 is 19.1 Å². The van der Waals surface area contributed by atoms with Crippen LogP contribution in [-0.2, 0) is 11.3 Å². The Hall–Kier alpha value is -2.35. The topological polar surface area (TPSA) is 48.0 Å². The average molecular weight is 430 g/mol. The number of ether oxygens (including phenoxy) is 3. The van der Waals surface area contributed by atoms with Crippen molar-refractivity contribution >= 4 is 21.8 Å². The molecule has 2 aromatic carbocycles. The number of carbonyl (C=O) groups excluding carboxylic acids is 1. The van der Waals surface area contributed by atoms with Gasteiger partial charge in [0.15, 0.2) is 18.1 Å². The summed E-state index contributed by atoms with van der Waals surface area (Å²) < 4.78 is 40.7. The molecule has 0 bridgehead atoms. The molecule has 0 heterocycles. The third kappa shape index (κ3) is 5.87. The van der Waals surface area contributed by atoms with Crippen molar-refractivity contribution in [2.75, 3.05) is 20.8 Å². The van der Waals surface area contributed by atoms with Crippen LogP contribution in [0.5, 0.6) is 17.2 Å². The normalized spacial score (nSPS) is 10.5. The molecule has 0 aliphatic rings. The fourth-order valence-electron chi connectivity index (χ4n) is 2.16. The lowest BCUT2D eigenvalue weighted by Crippen LogP contribution is -2.31. The largest absolute Gasteiger partial charge is 0.493 e. The summed E-state index contributed by atoms with van der Waals surface area (Å²) in [6.07, 6.45) is 0. The zero-order valence-electron chi connectivity index (χ0n) is 14.2. The van der Waals surface area contributed by atoms with Gasteiger partial charge in [-0.1, -0.05) is 22.0 Å². The molecule has 5 nitrogen and oxygen atoms in total. The minimum absolute atomic E-state index is 0.0769. The quantitative estimate of drug-likeness (QED) is 0.633. The predicted octanol–water partition coefficient (Wildman–Crippen LogP) is 4.10. The molecule has 8 heteroatoms. The first kappa shape index (κ1) is 20.0. The Bertz CT molecular complexity index is 740. The first-order valence-electron chi connectivity index (χ1n) is 7.63. The number of hydrogen-bond donors (Lipinski definition) is 0. The predicted molar refractivity (Wildman–Crippen MR) is 95.7 cm³/mol. The second-order valence-corrected chi connectivity index (χ2v) is 6.27. The highest BCUT2D eigenvalue weighted by atomic mass is 79.9. The van der Waals surface area contributed by atoms with E-state index in [9.17, 15) is 13.6 Å². The molecule has 0 saturated carbocycles. The molecular formula is C18H18BrF2NO4. The van der Waals surface area contributed by atoms with E-state index in [0.29, 0.717) is 11.3 Å². The number of amides is 1. The third-order valence-electron chi connectivity index (χ3n) is 3.47. The van der Waals surface area contributed by atoms with Crippen LogP contribution in [0.15, 0.2) is 46.9 Å². The van der Waals surface area contributed by atoms with Crippen LogP contribution >= 0.6 is 15.9 Å². The Kier molecular flexibility index (Phi) is 7.20. The fourth-order valence-corrected chi connectivity index (χ4v) is 2.42. The molecule has 0 aliphatic heterocycles. The molecule has 1 amide bonds. The zero-order chi connectivity index (χ0) is 19.1. The van der Waals surface area contributed by atoms with Crippen LogP contribution in [0, 0.1) is 0 Å². The van der Waals surface area contributed by atoms with Gasteiger partial charge >= 0.3 is 6.61 Å². The van der Waals surface area contributed by atoms with Gasteiger partial charge in [0.1, 0.15) is 5.75 Å². The maximum atomic E-state index is 12.5. The van der Waals surface area contributed by atoms with Crippen LogP contribution in [0.1, 0.15) is 5.56 Å². The van der Waals surface area contributed by atoms with Crippen LogP contribution < -0.4 is 14.2 Å². The van der Waals surface area contributed by atoms with E-state index < -0.39 is 6.61 Å². The van der Waals surface area contributed by atoms with Crippen LogP contribution in [0.3, 0.4) is 0 Å². The van der Waals surface area contributed by atoms with E-state index in [4.69, 9.17) is 9.47 Å². The van der Waals surface area contributed by atoms with Gasteiger partial charge in [-0.05, 0) is 42.0 Å². The van der Waals surface area contributed by atoms with Gasteiger partial charge in [-0.3, -0.25) is 4.79 Å². The van der Waals surface area contributed by atoms with Crippen molar-refractivity contribution in [3.05, 3.63) is 52.5 Å². The average Bonchev–Trinajstić information content (AvgIpc) is 2.60. The Morgan fingerprint density at radius 3 is 2.46 bits per heavy atom. The zero-order valence-corrected chi connectivity index (χ0v) is 15.8. The monoisotopic (exact) mass is 429 g/mol. The summed E-state index contributed by atoms with van der Waals surface area (Å²) in [5, 5.41) is 0. The molecule has 0 fully saturated rings. The van der Waals surface area contributed by atoms with Crippen molar-refractivity contribution in [2.24, 2.45) is 0 Å². The SMILES string of the molecule is COc1ccc(CN(C)C(=O)COc2ccc(Br)cc2)cc1OC(F)F. The fraction of sp³-hybridized carbons (Fsp3) is 0.278. The number of nitrogens with zero attached hydrogens (tertiary/aromatic N) is 1. The number of carbonyl (C=O) groups is 1. The number of benzene rings is 2. The van der Waals surface area contributed by atoms with Crippen molar-refractivity contribution in [3.63, 3.8) is 0 Å². The third-order valence-corrected chi connectivity index (χ3v) is 3.99. The van der Waals surface area contributed by atoms with Crippen LogP contribution in [0.4, 0.5) is 8.78 Å². The van der Waals surface area contributed by atoms with Crippen molar-refractivity contribution in [1.82, 2.24) is 4.90 Å². The van der Waals surface area contributed by atoms with Gasteiger partial charge in [0, 0.05) is 18.1 Å². The summed E-state index contributed by atoms with van der Waals surface area (Å²) >= 11 is 3.32. The Balaban J connectivity index is 1.96. The summed E-state index contributed by atoms with van der Waals surface area (Å²) in [5.74, 6) is 0.445. The van der Waals surface area contributed by atoms with Crippen LogP contribution in [0.25, 0.3) is 0 Å². The Morgan fingerprint density at radius 1 is 1.15 bits per heavy atom. The van der Waals surface area contributed by atoms with Gasteiger partial charge in [-0.15, -0.1) is 0 Å². The molecule has 0 N–H and O–H groups in total. The highest BCUT2D eigenvalue weighted by molar-refractivity contribution is 9.10. The van der Waals surface area contributed by atoms with E-state index in [1.54, 1.807) is 25.2 Å². The molecule has 0 aliphatic carbocycles. The molecule has 26 heavy (non-hydrogen) atoms. The van der Waals surface area contributed by atoms with Gasteiger partial charge in [-0.2, -0.15) is 8.78 Å². The summed E-state index contributed by atoms with van der Waals surface area (Å²) in [5.41, 5.74) is 0.626. The van der Waals surface area contributed by atoms with Crippen molar-refractivity contribution < 1.29 is 27.8 Å². The lowest BCUT2D eigenvalue weighted by atomic mass is 10.2. The first-order chi connectivity index (χ1) is 12.4. The van der Waals surface area contributed by atoms with Crippen LogP contribution in [-0.4, -0.2) is 38.2 Å². The number of hydrogen-bond acceptors (Lipinski definition) is 4. The van der Waals surface area contributed by atoms with E-state index in [1.807, 2.05) is 12.1 Å². The van der Waals surface area contributed by atoms with Crippen molar-refractivity contribution in [1.29, 1.82) is 0 Å². The number of likely N-dealkylation sites (N-methyl/N-ethyl adjacent to an activating group) is 1. The highest BCUT2D eigenvalue weighted by Crippen LogP contribution is 2.29. The van der Waals surface area contributed by atoms with Gasteiger partial charge in [0.05, 0.1) is 7.11 Å².